The number of carbonyl (C=O) groups excluding carboxylic acids is 2. The van der Waals surface area contributed by atoms with Gasteiger partial charge in [-0.05, 0) is 22.3 Å². The SMILES string of the molecule is COC(=O)N1C[C@](OC)(C2c3ccccc3-c3ccccc32)[C@H]2OCC(=O)[C@H]21. The van der Waals surface area contributed by atoms with E-state index in [1.54, 1.807) is 7.11 Å². The van der Waals surface area contributed by atoms with Gasteiger partial charge in [-0.3, -0.25) is 9.69 Å². The maximum atomic E-state index is 12.6. The fourth-order valence-electron chi connectivity index (χ4n) is 5.25. The highest BCUT2D eigenvalue weighted by Gasteiger charge is 2.65. The van der Waals surface area contributed by atoms with Gasteiger partial charge in [0.25, 0.3) is 0 Å². The van der Waals surface area contributed by atoms with E-state index in [0.29, 0.717) is 0 Å². The minimum absolute atomic E-state index is 0.0239. The van der Waals surface area contributed by atoms with E-state index >= 15 is 0 Å². The lowest BCUT2D eigenvalue weighted by molar-refractivity contribution is -0.122. The highest BCUT2D eigenvalue weighted by Crippen LogP contribution is 2.55. The number of Topliss-reactive ketones (excluding diaryl/α,β-unsaturated/α-hetero) is 1. The average Bonchev–Trinajstić information content (AvgIpc) is 3.38. The molecule has 1 amide bonds. The molecular weight excluding hydrogens is 358 g/mol. The predicted molar refractivity (Wildman–Crippen MR) is 101 cm³/mol. The lowest BCUT2D eigenvalue weighted by Crippen LogP contribution is -2.50. The highest BCUT2D eigenvalue weighted by atomic mass is 16.6. The number of hydrogen-bond donors (Lipinski definition) is 0. The first-order valence-electron chi connectivity index (χ1n) is 9.34. The van der Waals surface area contributed by atoms with Crippen LogP contribution in [0.25, 0.3) is 11.1 Å². The maximum Gasteiger partial charge on any atom is 0.410 e. The molecule has 3 atom stereocenters. The standard InChI is InChI=1S/C22H21NO5/c1-26-21(25)23-12-22(27-2,20-19(23)17(24)11-28-20)18-15-9-5-3-7-13(15)14-8-4-6-10-16(14)18/h3-10,18-20H,11-12H2,1-2H3/t19-,20+,22+/m1/s1. The minimum Gasteiger partial charge on any atom is -0.453 e. The van der Waals surface area contributed by atoms with Crippen LogP contribution < -0.4 is 0 Å². The summed E-state index contributed by atoms with van der Waals surface area (Å²) in [7, 11) is 2.96. The summed E-state index contributed by atoms with van der Waals surface area (Å²) in [5.74, 6) is -0.271. The number of hydrogen-bond acceptors (Lipinski definition) is 5. The van der Waals surface area contributed by atoms with Crippen LogP contribution in [0.4, 0.5) is 4.79 Å². The molecule has 2 aromatic rings. The number of rotatable bonds is 2. The Labute approximate surface area is 163 Å². The molecule has 28 heavy (non-hydrogen) atoms. The zero-order valence-electron chi connectivity index (χ0n) is 15.8. The van der Waals surface area contributed by atoms with E-state index in [9.17, 15) is 9.59 Å². The van der Waals surface area contributed by atoms with Crippen molar-refractivity contribution in [1.82, 2.24) is 4.90 Å². The van der Waals surface area contributed by atoms with Crippen molar-refractivity contribution in [1.29, 1.82) is 0 Å². The van der Waals surface area contributed by atoms with Gasteiger partial charge in [0, 0.05) is 13.0 Å². The molecule has 2 aliphatic heterocycles. The van der Waals surface area contributed by atoms with Crippen molar-refractivity contribution >= 4 is 11.9 Å². The molecule has 2 saturated heterocycles. The van der Waals surface area contributed by atoms with E-state index < -0.39 is 23.8 Å². The Morgan fingerprint density at radius 1 is 1.07 bits per heavy atom. The molecule has 0 saturated carbocycles. The van der Waals surface area contributed by atoms with E-state index in [2.05, 4.69) is 24.3 Å². The summed E-state index contributed by atoms with van der Waals surface area (Å²) >= 11 is 0. The predicted octanol–water partition coefficient (Wildman–Crippen LogP) is 2.60. The molecule has 2 heterocycles. The molecule has 2 aromatic carbocycles. The first-order valence-corrected chi connectivity index (χ1v) is 9.34. The molecule has 0 unspecified atom stereocenters. The van der Waals surface area contributed by atoms with Crippen molar-refractivity contribution in [3.63, 3.8) is 0 Å². The fourth-order valence-corrected chi connectivity index (χ4v) is 5.25. The molecule has 0 N–H and O–H groups in total. The van der Waals surface area contributed by atoms with Crippen molar-refractivity contribution in [3.8, 4) is 11.1 Å². The van der Waals surface area contributed by atoms with E-state index in [1.165, 1.54) is 12.0 Å². The zero-order valence-corrected chi connectivity index (χ0v) is 15.8. The van der Waals surface area contributed by atoms with Crippen LogP contribution in [0.2, 0.25) is 0 Å². The zero-order chi connectivity index (χ0) is 19.5. The smallest absolute Gasteiger partial charge is 0.410 e. The number of amides is 1. The summed E-state index contributed by atoms with van der Waals surface area (Å²) in [6, 6.07) is 15.7. The van der Waals surface area contributed by atoms with Gasteiger partial charge in [-0.25, -0.2) is 4.79 Å². The fraction of sp³-hybridized carbons (Fsp3) is 0.364. The van der Waals surface area contributed by atoms with E-state index in [1.807, 2.05) is 24.3 Å². The third-order valence-electron chi connectivity index (χ3n) is 6.37. The van der Waals surface area contributed by atoms with Crippen LogP contribution in [0.15, 0.2) is 48.5 Å². The van der Waals surface area contributed by atoms with E-state index in [-0.39, 0.29) is 24.9 Å². The summed E-state index contributed by atoms with van der Waals surface area (Å²) < 4.78 is 17.1. The molecule has 144 valence electrons. The summed E-state index contributed by atoms with van der Waals surface area (Å²) in [5, 5.41) is 0. The van der Waals surface area contributed by atoms with Crippen LogP contribution in [0.1, 0.15) is 17.0 Å². The normalized spacial score (nSPS) is 28.2. The summed E-state index contributed by atoms with van der Waals surface area (Å²) in [5.41, 5.74) is 3.67. The van der Waals surface area contributed by atoms with Gasteiger partial charge in [-0.1, -0.05) is 48.5 Å². The molecule has 0 spiro atoms. The molecule has 6 heteroatoms. The molecular formula is C22H21NO5. The van der Waals surface area contributed by atoms with Gasteiger partial charge in [0.2, 0.25) is 0 Å². The average molecular weight is 379 g/mol. The molecule has 0 radical (unpaired) electrons. The van der Waals surface area contributed by atoms with Crippen molar-refractivity contribution in [3.05, 3.63) is 59.7 Å². The Hall–Kier alpha value is -2.70. The second-order valence-corrected chi connectivity index (χ2v) is 7.51. The third-order valence-corrected chi connectivity index (χ3v) is 6.37. The van der Waals surface area contributed by atoms with Gasteiger partial charge in [0.1, 0.15) is 24.4 Å². The largest absolute Gasteiger partial charge is 0.453 e. The number of ketones is 1. The number of ether oxygens (including phenoxy) is 3. The Kier molecular flexibility index (Phi) is 3.82. The van der Waals surface area contributed by atoms with E-state index in [0.717, 1.165) is 22.3 Å². The number of carbonyl (C=O) groups is 2. The lowest BCUT2D eigenvalue weighted by Gasteiger charge is -2.38. The van der Waals surface area contributed by atoms with Crippen LogP contribution in [-0.2, 0) is 19.0 Å². The maximum absolute atomic E-state index is 12.6. The highest BCUT2D eigenvalue weighted by molar-refractivity contribution is 5.92. The van der Waals surface area contributed by atoms with Gasteiger partial charge in [-0.2, -0.15) is 0 Å². The van der Waals surface area contributed by atoms with Crippen LogP contribution in [0.3, 0.4) is 0 Å². The van der Waals surface area contributed by atoms with E-state index in [4.69, 9.17) is 14.2 Å². The minimum atomic E-state index is -0.881. The van der Waals surface area contributed by atoms with Crippen molar-refractivity contribution < 1.29 is 23.8 Å². The molecule has 1 aliphatic carbocycles. The summed E-state index contributed by atoms with van der Waals surface area (Å²) in [6.45, 7) is 0.203. The topological polar surface area (TPSA) is 65.1 Å². The number of fused-ring (bicyclic) bond motifs is 4. The van der Waals surface area contributed by atoms with Crippen LogP contribution in [0.5, 0.6) is 0 Å². The van der Waals surface area contributed by atoms with Gasteiger partial charge in [-0.15, -0.1) is 0 Å². The van der Waals surface area contributed by atoms with Crippen molar-refractivity contribution in [2.24, 2.45) is 0 Å². The number of benzene rings is 2. The number of nitrogens with zero attached hydrogens (tertiary/aromatic N) is 1. The second kappa shape index (κ2) is 6.15. The van der Waals surface area contributed by atoms with Crippen LogP contribution in [0, 0.1) is 0 Å². The number of methoxy groups -OCH3 is 2. The van der Waals surface area contributed by atoms with Gasteiger partial charge in [0.05, 0.1) is 13.7 Å². The van der Waals surface area contributed by atoms with Crippen LogP contribution in [-0.4, -0.2) is 61.9 Å². The molecule has 2 fully saturated rings. The first-order chi connectivity index (χ1) is 13.6. The summed E-state index contributed by atoms with van der Waals surface area (Å²) in [4.78, 5) is 26.5. The Bertz CT molecular complexity index is 927. The molecule has 5 rings (SSSR count). The van der Waals surface area contributed by atoms with Crippen molar-refractivity contribution in [2.45, 2.75) is 23.7 Å². The molecule has 6 nitrogen and oxygen atoms in total. The Morgan fingerprint density at radius 2 is 1.68 bits per heavy atom. The van der Waals surface area contributed by atoms with Crippen LogP contribution >= 0.6 is 0 Å². The first kappa shape index (κ1) is 17.4. The Morgan fingerprint density at radius 3 is 2.25 bits per heavy atom. The molecule has 3 aliphatic rings. The molecule has 0 bridgehead atoms. The van der Waals surface area contributed by atoms with Gasteiger partial charge >= 0.3 is 6.09 Å². The summed E-state index contributed by atoms with van der Waals surface area (Å²) in [6.07, 6.45) is -1.08. The molecule has 0 aromatic heterocycles. The number of likely N-dealkylation sites (tertiary alicyclic amines) is 1. The lowest BCUT2D eigenvalue weighted by atomic mass is 9.77. The quantitative estimate of drug-likeness (QED) is 0.803. The van der Waals surface area contributed by atoms with Gasteiger partial charge in [0.15, 0.2) is 5.78 Å². The Balaban J connectivity index is 1.71. The monoisotopic (exact) mass is 379 g/mol. The second-order valence-electron chi connectivity index (χ2n) is 7.51. The third kappa shape index (κ3) is 2.10. The van der Waals surface area contributed by atoms with Crippen molar-refractivity contribution in [2.75, 3.05) is 27.4 Å². The van der Waals surface area contributed by atoms with Gasteiger partial charge < -0.3 is 14.2 Å².